The molecule has 0 aromatic heterocycles. The van der Waals surface area contributed by atoms with E-state index >= 15 is 0 Å². The Morgan fingerprint density at radius 3 is 2.13 bits per heavy atom. The standard InChI is InChI=1S/C20H21F3N2O3S2/c21-20(22,23)29-17-8-6-16(7-9-17)19(26)24-14-15-4-10-18(11-5-15)30(27,28)25-12-2-1-3-13-25/h4-11H,1-3,12-14H2,(H,24,26). The van der Waals surface area contributed by atoms with Crippen LogP contribution in [0.4, 0.5) is 13.2 Å². The monoisotopic (exact) mass is 458 g/mol. The van der Waals surface area contributed by atoms with E-state index in [4.69, 9.17) is 0 Å². The maximum absolute atomic E-state index is 12.6. The molecule has 162 valence electrons. The van der Waals surface area contributed by atoms with E-state index < -0.39 is 21.4 Å². The number of sulfonamides is 1. The Bertz CT molecular complexity index is 970. The third-order valence-electron chi connectivity index (χ3n) is 4.68. The minimum Gasteiger partial charge on any atom is -0.348 e. The van der Waals surface area contributed by atoms with Crippen molar-refractivity contribution in [1.82, 2.24) is 9.62 Å². The second-order valence-corrected chi connectivity index (χ2v) is 9.94. The molecule has 0 atom stereocenters. The average Bonchev–Trinajstić information content (AvgIpc) is 2.72. The van der Waals surface area contributed by atoms with Crippen LogP contribution in [0, 0.1) is 0 Å². The number of amides is 1. The summed E-state index contributed by atoms with van der Waals surface area (Å²) in [4.78, 5) is 12.4. The van der Waals surface area contributed by atoms with Crippen molar-refractivity contribution in [2.24, 2.45) is 0 Å². The van der Waals surface area contributed by atoms with E-state index in [0.717, 1.165) is 19.3 Å². The average molecular weight is 459 g/mol. The van der Waals surface area contributed by atoms with Gasteiger partial charge < -0.3 is 5.32 Å². The lowest BCUT2D eigenvalue weighted by atomic mass is 10.2. The van der Waals surface area contributed by atoms with Crippen molar-refractivity contribution in [2.75, 3.05) is 13.1 Å². The van der Waals surface area contributed by atoms with E-state index in [1.54, 1.807) is 12.1 Å². The van der Waals surface area contributed by atoms with Gasteiger partial charge in [-0.2, -0.15) is 17.5 Å². The van der Waals surface area contributed by atoms with Gasteiger partial charge in [0.25, 0.3) is 5.91 Å². The molecule has 2 aromatic rings. The molecule has 1 amide bonds. The highest BCUT2D eigenvalue weighted by Crippen LogP contribution is 2.36. The molecule has 5 nitrogen and oxygen atoms in total. The van der Waals surface area contributed by atoms with Gasteiger partial charge in [0.2, 0.25) is 10.0 Å². The lowest BCUT2D eigenvalue weighted by Gasteiger charge is -2.25. The van der Waals surface area contributed by atoms with Crippen LogP contribution in [0.25, 0.3) is 0 Å². The maximum Gasteiger partial charge on any atom is 0.446 e. The highest BCUT2D eigenvalue weighted by atomic mass is 32.2. The Balaban J connectivity index is 1.57. The Morgan fingerprint density at radius 1 is 0.967 bits per heavy atom. The molecular formula is C20H21F3N2O3S2. The smallest absolute Gasteiger partial charge is 0.348 e. The molecule has 3 rings (SSSR count). The summed E-state index contributed by atoms with van der Waals surface area (Å²) in [6, 6.07) is 11.5. The second kappa shape index (κ2) is 9.40. The van der Waals surface area contributed by atoms with Crippen molar-refractivity contribution in [3.05, 3.63) is 59.7 Å². The van der Waals surface area contributed by atoms with Crippen LogP contribution >= 0.6 is 11.8 Å². The van der Waals surface area contributed by atoms with Crippen molar-refractivity contribution in [3.8, 4) is 0 Å². The van der Waals surface area contributed by atoms with Crippen LogP contribution in [-0.4, -0.2) is 37.2 Å². The number of alkyl halides is 3. The van der Waals surface area contributed by atoms with Crippen molar-refractivity contribution in [2.45, 2.75) is 41.1 Å². The summed E-state index contributed by atoms with van der Waals surface area (Å²) >= 11 is -0.239. The van der Waals surface area contributed by atoms with Gasteiger partial charge in [0.05, 0.1) is 4.90 Å². The molecule has 30 heavy (non-hydrogen) atoms. The van der Waals surface area contributed by atoms with Crippen LogP contribution in [0.5, 0.6) is 0 Å². The number of carbonyl (C=O) groups excluding carboxylic acids is 1. The molecule has 0 saturated carbocycles. The molecule has 0 unspecified atom stereocenters. The number of thioether (sulfide) groups is 1. The third kappa shape index (κ3) is 5.99. The SMILES string of the molecule is O=C(NCc1ccc(S(=O)(=O)N2CCCCC2)cc1)c1ccc(SC(F)(F)F)cc1. The van der Waals surface area contributed by atoms with Crippen molar-refractivity contribution in [3.63, 3.8) is 0 Å². The van der Waals surface area contributed by atoms with Crippen LogP contribution in [0.15, 0.2) is 58.3 Å². The van der Waals surface area contributed by atoms with E-state index in [1.807, 2.05) is 0 Å². The van der Waals surface area contributed by atoms with Crippen LogP contribution in [0.2, 0.25) is 0 Å². The zero-order valence-corrected chi connectivity index (χ0v) is 17.6. The zero-order chi connectivity index (χ0) is 21.8. The molecule has 1 saturated heterocycles. The summed E-state index contributed by atoms with van der Waals surface area (Å²) in [5.41, 5.74) is -3.42. The van der Waals surface area contributed by atoms with Crippen LogP contribution in [0.1, 0.15) is 35.2 Å². The van der Waals surface area contributed by atoms with Crippen molar-refractivity contribution >= 4 is 27.7 Å². The molecule has 0 radical (unpaired) electrons. The molecular weight excluding hydrogens is 437 g/mol. The fourth-order valence-corrected chi connectivity index (χ4v) is 5.18. The Kier molecular flexibility index (Phi) is 7.10. The Morgan fingerprint density at radius 2 is 1.57 bits per heavy atom. The van der Waals surface area contributed by atoms with Crippen LogP contribution < -0.4 is 5.32 Å². The summed E-state index contributed by atoms with van der Waals surface area (Å²) in [6.07, 6.45) is 2.76. The molecule has 1 fully saturated rings. The first kappa shape index (κ1) is 22.6. The number of hydrogen-bond donors (Lipinski definition) is 1. The quantitative estimate of drug-likeness (QED) is 0.652. The number of rotatable bonds is 6. The van der Waals surface area contributed by atoms with Gasteiger partial charge >= 0.3 is 5.51 Å². The summed E-state index contributed by atoms with van der Waals surface area (Å²) in [5, 5.41) is 2.68. The molecule has 1 N–H and O–H groups in total. The predicted molar refractivity (Wildman–Crippen MR) is 109 cm³/mol. The lowest BCUT2D eigenvalue weighted by molar-refractivity contribution is -0.0328. The largest absolute Gasteiger partial charge is 0.446 e. The number of nitrogens with zero attached hydrogens (tertiary/aromatic N) is 1. The topological polar surface area (TPSA) is 66.5 Å². The van der Waals surface area contributed by atoms with Gasteiger partial charge in [0, 0.05) is 30.1 Å². The van der Waals surface area contributed by atoms with Crippen molar-refractivity contribution in [1.29, 1.82) is 0 Å². The number of nitrogens with one attached hydrogen (secondary N) is 1. The first-order valence-corrected chi connectivity index (χ1v) is 11.6. The normalized spacial score (nSPS) is 15.7. The highest BCUT2D eigenvalue weighted by Gasteiger charge is 2.29. The van der Waals surface area contributed by atoms with Gasteiger partial charge in [-0.1, -0.05) is 18.6 Å². The van der Waals surface area contributed by atoms with E-state index in [1.165, 1.54) is 40.7 Å². The second-order valence-electron chi connectivity index (χ2n) is 6.86. The van der Waals surface area contributed by atoms with Gasteiger partial charge in [0.1, 0.15) is 0 Å². The molecule has 0 aliphatic carbocycles. The number of benzene rings is 2. The Labute approximate surface area is 177 Å². The molecule has 2 aromatic carbocycles. The summed E-state index contributed by atoms with van der Waals surface area (Å²) < 4.78 is 63.9. The molecule has 1 aliphatic heterocycles. The van der Waals surface area contributed by atoms with Crippen LogP contribution in [0.3, 0.4) is 0 Å². The predicted octanol–water partition coefficient (Wildman–Crippen LogP) is 4.40. The molecule has 1 heterocycles. The maximum atomic E-state index is 12.6. The summed E-state index contributed by atoms with van der Waals surface area (Å²) in [6.45, 7) is 1.22. The van der Waals surface area contributed by atoms with Gasteiger partial charge in [-0.15, -0.1) is 0 Å². The molecule has 0 spiro atoms. The minimum atomic E-state index is -4.38. The lowest BCUT2D eigenvalue weighted by Crippen LogP contribution is -2.35. The third-order valence-corrected chi connectivity index (χ3v) is 7.33. The van der Waals surface area contributed by atoms with E-state index in [2.05, 4.69) is 5.32 Å². The summed E-state index contributed by atoms with van der Waals surface area (Å²) in [5.74, 6) is -0.427. The number of hydrogen-bond acceptors (Lipinski definition) is 4. The van der Waals surface area contributed by atoms with E-state index in [9.17, 15) is 26.4 Å². The number of piperidine rings is 1. The van der Waals surface area contributed by atoms with E-state index in [0.29, 0.717) is 18.7 Å². The minimum absolute atomic E-state index is 0.00422. The number of halogens is 3. The van der Waals surface area contributed by atoms with Gasteiger partial charge in [0.15, 0.2) is 0 Å². The Hall–Kier alpha value is -2.04. The van der Waals surface area contributed by atoms with Gasteiger partial charge in [-0.25, -0.2) is 8.42 Å². The number of carbonyl (C=O) groups is 1. The van der Waals surface area contributed by atoms with Gasteiger partial charge in [-0.05, 0) is 66.6 Å². The fourth-order valence-electron chi connectivity index (χ4n) is 3.13. The summed E-state index contributed by atoms with van der Waals surface area (Å²) in [7, 11) is -3.51. The first-order valence-electron chi connectivity index (χ1n) is 9.38. The zero-order valence-electron chi connectivity index (χ0n) is 16.0. The first-order chi connectivity index (χ1) is 14.1. The van der Waals surface area contributed by atoms with Crippen LogP contribution in [-0.2, 0) is 16.6 Å². The van der Waals surface area contributed by atoms with E-state index in [-0.39, 0.29) is 33.7 Å². The molecule has 10 heteroatoms. The highest BCUT2D eigenvalue weighted by molar-refractivity contribution is 8.00. The molecule has 0 bridgehead atoms. The van der Waals surface area contributed by atoms with Gasteiger partial charge in [-0.3, -0.25) is 4.79 Å². The van der Waals surface area contributed by atoms with Crippen molar-refractivity contribution < 1.29 is 26.4 Å². The molecule has 1 aliphatic rings. The fraction of sp³-hybridized carbons (Fsp3) is 0.350.